The number of nitrogens with two attached hydrogens (primary N) is 1. The summed E-state index contributed by atoms with van der Waals surface area (Å²) in [5.41, 5.74) is 6.30. The van der Waals surface area contributed by atoms with Crippen molar-refractivity contribution in [2.45, 2.75) is 19.9 Å². The summed E-state index contributed by atoms with van der Waals surface area (Å²) in [6.45, 7) is 0. The smallest absolute Gasteiger partial charge is 0.320 e. The first kappa shape index (κ1) is 15.6. The fourth-order valence-corrected chi connectivity index (χ4v) is 0.955. The summed E-state index contributed by atoms with van der Waals surface area (Å²) >= 11 is 0. The number of carbonyl (C=O) groups is 1. The SMILES string of the molecule is C.NC(Cc1ccccc1)C(=O)O.[Cr]. The van der Waals surface area contributed by atoms with Gasteiger partial charge >= 0.3 is 5.97 Å². The van der Waals surface area contributed by atoms with E-state index in [0.29, 0.717) is 6.42 Å². The largest absolute Gasteiger partial charge is 0.480 e. The Kier molecular flexibility index (Phi) is 8.46. The van der Waals surface area contributed by atoms with Gasteiger partial charge in [0, 0.05) is 17.4 Å². The fourth-order valence-electron chi connectivity index (χ4n) is 0.955. The van der Waals surface area contributed by atoms with Crippen LogP contribution in [0.1, 0.15) is 13.0 Å². The molecule has 0 radical (unpaired) electrons. The van der Waals surface area contributed by atoms with E-state index in [1.807, 2.05) is 30.3 Å². The average molecular weight is 233 g/mol. The van der Waals surface area contributed by atoms with Crippen molar-refractivity contribution in [2.75, 3.05) is 0 Å². The van der Waals surface area contributed by atoms with Crippen molar-refractivity contribution >= 4 is 5.97 Å². The fraction of sp³-hybridized carbons (Fsp3) is 0.300. The van der Waals surface area contributed by atoms with E-state index < -0.39 is 12.0 Å². The molecule has 3 nitrogen and oxygen atoms in total. The van der Waals surface area contributed by atoms with Crippen molar-refractivity contribution in [1.82, 2.24) is 0 Å². The predicted octanol–water partition coefficient (Wildman–Crippen LogP) is 1.27. The number of carboxylic acids is 1. The maximum Gasteiger partial charge on any atom is 0.320 e. The Hall–Kier alpha value is -0.818. The van der Waals surface area contributed by atoms with E-state index in [-0.39, 0.29) is 24.8 Å². The quantitative estimate of drug-likeness (QED) is 0.826. The molecular weight excluding hydrogens is 218 g/mol. The molecule has 0 aromatic heterocycles. The van der Waals surface area contributed by atoms with Gasteiger partial charge in [0.25, 0.3) is 0 Å². The molecule has 1 rings (SSSR count). The van der Waals surface area contributed by atoms with Crippen LogP contribution in [0.2, 0.25) is 0 Å². The maximum absolute atomic E-state index is 10.4. The molecule has 0 aliphatic carbocycles. The van der Waals surface area contributed by atoms with E-state index in [1.165, 1.54) is 0 Å². The van der Waals surface area contributed by atoms with Crippen molar-refractivity contribution in [2.24, 2.45) is 5.73 Å². The summed E-state index contributed by atoms with van der Waals surface area (Å²) in [7, 11) is 0. The maximum atomic E-state index is 10.4. The summed E-state index contributed by atoms with van der Waals surface area (Å²) in [4.78, 5) is 10.4. The van der Waals surface area contributed by atoms with Crippen molar-refractivity contribution < 1.29 is 27.3 Å². The van der Waals surface area contributed by atoms with Crippen molar-refractivity contribution in [3.8, 4) is 0 Å². The average Bonchev–Trinajstić information content (AvgIpc) is 2.06. The van der Waals surface area contributed by atoms with Crippen LogP contribution in [0.15, 0.2) is 30.3 Å². The minimum Gasteiger partial charge on any atom is -0.480 e. The Morgan fingerprint density at radius 2 is 1.86 bits per heavy atom. The van der Waals surface area contributed by atoms with Gasteiger partial charge in [-0.1, -0.05) is 37.8 Å². The molecule has 1 aromatic rings. The molecule has 0 amide bonds. The molecule has 0 heterocycles. The number of hydrogen-bond acceptors (Lipinski definition) is 2. The predicted molar refractivity (Wildman–Crippen MR) is 52.5 cm³/mol. The first-order valence-corrected chi connectivity index (χ1v) is 3.72. The van der Waals surface area contributed by atoms with Crippen molar-refractivity contribution in [3.05, 3.63) is 35.9 Å². The number of aliphatic carboxylic acids is 1. The molecule has 4 heteroatoms. The monoisotopic (exact) mass is 233 g/mol. The molecule has 1 atom stereocenters. The molecule has 0 fully saturated rings. The summed E-state index contributed by atoms with van der Waals surface area (Å²) in [6.07, 6.45) is 0.385. The zero-order chi connectivity index (χ0) is 8.97. The molecule has 1 unspecified atom stereocenters. The second-order valence-corrected chi connectivity index (χ2v) is 2.63. The third-order valence-electron chi connectivity index (χ3n) is 1.62. The molecule has 78 valence electrons. The zero-order valence-electron chi connectivity index (χ0n) is 7.01. The van der Waals surface area contributed by atoms with Crippen LogP contribution in [0.5, 0.6) is 0 Å². The summed E-state index contributed by atoms with van der Waals surface area (Å²) in [5, 5.41) is 8.52. The van der Waals surface area contributed by atoms with Crippen LogP contribution in [0.4, 0.5) is 0 Å². The summed E-state index contributed by atoms with van der Waals surface area (Å²) in [6, 6.07) is 8.54. The summed E-state index contributed by atoms with van der Waals surface area (Å²) < 4.78 is 0. The van der Waals surface area contributed by atoms with Gasteiger partial charge in [-0.2, -0.15) is 0 Å². The van der Waals surface area contributed by atoms with Gasteiger partial charge in [-0.05, 0) is 12.0 Å². The van der Waals surface area contributed by atoms with Gasteiger partial charge in [-0.25, -0.2) is 0 Å². The third kappa shape index (κ3) is 5.03. The van der Waals surface area contributed by atoms with Gasteiger partial charge in [-0.15, -0.1) is 0 Å². The van der Waals surface area contributed by atoms with E-state index in [2.05, 4.69) is 0 Å². The van der Waals surface area contributed by atoms with Crippen LogP contribution in [-0.2, 0) is 28.6 Å². The van der Waals surface area contributed by atoms with Gasteiger partial charge in [-0.3, -0.25) is 4.79 Å². The minimum atomic E-state index is -0.959. The Labute approximate surface area is 95.1 Å². The van der Waals surface area contributed by atoms with E-state index in [4.69, 9.17) is 10.8 Å². The van der Waals surface area contributed by atoms with E-state index in [1.54, 1.807) is 0 Å². The third-order valence-corrected chi connectivity index (χ3v) is 1.62. The van der Waals surface area contributed by atoms with E-state index in [0.717, 1.165) is 5.56 Å². The molecule has 0 aliphatic rings. The van der Waals surface area contributed by atoms with E-state index in [9.17, 15) is 4.79 Å². The Balaban J connectivity index is 0. The van der Waals surface area contributed by atoms with Crippen LogP contribution in [0.25, 0.3) is 0 Å². The number of carboxylic acid groups (broad SMARTS) is 1. The molecule has 1 aromatic carbocycles. The first-order chi connectivity index (χ1) is 5.70. The molecule has 0 spiro atoms. The molecule has 0 saturated heterocycles. The minimum absolute atomic E-state index is 0. The van der Waals surface area contributed by atoms with Gasteiger partial charge < -0.3 is 10.8 Å². The number of benzene rings is 1. The van der Waals surface area contributed by atoms with Crippen LogP contribution in [-0.4, -0.2) is 17.1 Å². The van der Waals surface area contributed by atoms with Gasteiger partial charge in [0.05, 0.1) is 0 Å². The van der Waals surface area contributed by atoms with Crippen LogP contribution in [0, 0.1) is 0 Å². The summed E-state index contributed by atoms with van der Waals surface area (Å²) in [5.74, 6) is -0.959. The molecule has 0 bridgehead atoms. The topological polar surface area (TPSA) is 63.3 Å². The van der Waals surface area contributed by atoms with Crippen molar-refractivity contribution in [3.63, 3.8) is 0 Å². The Bertz CT molecular complexity index is 264. The molecule has 0 aliphatic heterocycles. The van der Waals surface area contributed by atoms with Crippen molar-refractivity contribution in [1.29, 1.82) is 0 Å². The zero-order valence-corrected chi connectivity index (χ0v) is 8.29. The van der Waals surface area contributed by atoms with Crippen LogP contribution < -0.4 is 5.73 Å². The molecule has 14 heavy (non-hydrogen) atoms. The Morgan fingerprint density at radius 1 is 1.36 bits per heavy atom. The standard InChI is InChI=1S/C9H11NO2.CH4.Cr/c10-8(9(11)12)6-7-4-2-1-3-5-7;;/h1-5,8H,6,10H2,(H,11,12);1H4;. The molecule has 3 N–H and O–H groups in total. The second-order valence-electron chi connectivity index (χ2n) is 2.63. The number of hydrogen-bond donors (Lipinski definition) is 2. The Morgan fingerprint density at radius 3 is 2.29 bits per heavy atom. The molecular formula is C10H15CrNO2. The number of rotatable bonds is 3. The normalized spacial score (nSPS) is 10.6. The van der Waals surface area contributed by atoms with Gasteiger partial charge in [0.15, 0.2) is 0 Å². The second kappa shape index (κ2) is 7.57. The van der Waals surface area contributed by atoms with Gasteiger partial charge in [0.2, 0.25) is 0 Å². The van der Waals surface area contributed by atoms with Crippen LogP contribution in [0.3, 0.4) is 0 Å². The first-order valence-electron chi connectivity index (χ1n) is 3.72. The molecule has 0 saturated carbocycles. The van der Waals surface area contributed by atoms with Crippen LogP contribution >= 0.6 is 0 Å². The van der Waals surface area contributed by atoms with E-state index >= 15 is 0 Å². The van der Waals surface area contributed by atoms with Gasteiger partial charge in [0.1, 0.15) is 6.04 Å².